The van der Waals surface area contributed by atoms with Gasteiger partial charge in [-0.1, -0.05) is 48.5 Å². The molecule has 1 unspecified atom stereocenters. The number of hydrogen-bond donors (Lipinski definition) is 2. The summed E-state index contributed by atoms with van der Waals surface area (Å²) >= 11 is 0. The van der Waals surface area contributed by atoms with Gasteiger partial charge >= 0.3 is 12.1 Å². The standard InChI is InChI=1S/C27H30N2O6/c1-27(25(31)32)16-29(10-11-35-27)24(30)14-17-12-18(13-17)28-26(33)34-15-23-21-8-4-2-6-19(21)20-7-3-5-9-22(20)23/h2-9,17-18,23H,10-16H2,1H3,(H,28,33)(H,31,32). The number of hydrogen-bond acceptors (Lipinski definition) is 5. The molecule has 2 aliphatic carbocycles. The Bertz CT molecular complexity index is 1100. The second-order valence-corrected chi connectivity index (χ2v) is 9.91. The zero-order valence-electron chi connectivity index (χ0n) is 19.7. The average Bonchev–Trinajstić information content (AvgIpc) is 3.15. The lowest BCUT2D eigenvalue weighted by atomic mass is 9.78. The van der Waals surface area contributed by atoms with Crippen LogP contribution in [-0.4, -0.2) is 65.9 Å². The van der Waals surface area contributed by atoms with Gasteiger partial charge in [0.25, 0.3) is 0 Å². The molecule has 5 rings (SSSR count). The first kappa shape index (κ1) is 23.4. The third-order valence-electron chi connectivity index (χ3n) is 7.44. The summed E-state index contributed by atoms with van der Waals surface area (Å²) < 4.78 is 11.0. The molecule has 0 aromatic heterocycles. The topological polar surface area (TPSA) is 105 Å². The molecule has 0 radical (unpaired) electrons. The van der Waals surface area contributed by atoms with Crippen LogP contribution < -0.4 is 5.32 Å². The Morgan fingerprint density at radius 1 is 1.09 bits per heavy atom. The second-order valence-electron chi connectivity index (χ2n) is 9.91. The lowest BCUT2D eigenvalue weighted by Crippen LogP contribution is -2.56. The average molecular weight is 479 g/mol. The van der Waals surface area contributed by atoms with Gasteiger partial charge < -0.3 is 24.8 Å². The molecule has 3 aliphatic rings. The number of carbonyl (C=O) groups excluding carboxylic acids is 2. The molecule has 8 heteroatoms. The quantitative estimate of drug-likeness (QED) is 0.659. The van der Waals surface area contributed by atoms with E-state index in [-0.39, 0.29) is 43.5 Å². The van der Waals surface area contributed by atoms with Gasteiger partial charge in [0.15, 0.2) is 5.60 Å². The maximum atomic E-state index is 12.7. The van der Waals surface area contributed by atoms with Crippen molar-refractivity contribution in [3.05, 3.63) is 59.7 Å². The summed E-state index contributed by atoms with van der Waals surface area (Å²) in [6, 6.07) is 16.4. The number of carboxylic acids is 1. The highest BCUT2D eigenvalue weighted by atomic mass is 16.5. The van der Waals surface area contributed by atoms with Crippen molar-refractivity contribution in [1.82, 2.24) is 10.2 Å². The van der Waals surface area contributed by atoms with Crippen molar-refractivity contribution in [2.24, 2.45) is 5.92 Å². The highest BCUT2D eigenvalue weighted by molar-refractivity contribution is 5.81. The van der Waals surface area contributed by atoms with Crippen molar-refractivity contribution in [1.29, 1.82) is 0 Å². The minimum absolute atomic E-state index is 0.0163. The lowest BCUT2D eigenvalue weighted by Gasteiger charge is -2.40. The number of aliphatic carboxylic acids is 1. The van der Waals surface area contributed by atoms with Crippen molar-refractivity contribution in [3.8, 4) is 11.1 Å². The van der Waals surface area contributed by atoms with Crippen LogP contribution in [0.3, 0.4) is 0 Å². The molecule has 35 heavy (non-hydrogen) atoms. The van der Waals surface area contributed by atoms with Crippen molar-refractivity contribution < 1.29 is 29.0 Å². The number of fused-ring (bicyclic) bond motifs is 3. The fourth-order valence-corrected chi connectivity index (χ4v) is 5.42. The van der Waals surface area contributed by atoms with Crippen molar-refractivity contribution >= 4 is 18.0 Å². The van der Waals surface area contributed by atoms with E-state index in [1.165, 1.54) is 29.2 Å². The van der Waals surface area contributed by atoms with Gasteiger partial charge in [0.05, 0.1) is 13.2 Å². The van der Waals surface area contributed by atoms with Gasteiger partial charge in [0.1, 0.15) is 6.61 Å². The van der Waals surface area contributed by atoms with Crippen molar-refractivity contribution in [2.45, 2.75) is 43.7 Å². The molecule has 1 atom stereocenters. The predicted molar refractivity (Wildman–Crippen MR) is 128 cm³/mol. The van der Waals surface area contributed by atoms with Gasteiger partial charge in [-0.05, 0) is 47.9 Å². The lowest BCUT2D eigenvalue weighted by molar-refractivity contribution is -0.177. The van der Waals surface area contributed by atoms with Gasteiger partial charge in [0.2, 0.25) is 5.91 Å². The number of benzene rings is 2. The SMILES string of the molecule is CC1(C(=O)O)CN(C(=O)CC2CC(NC(=O)OCC3c4ccccc4-c4ccccc43)C2)CCO1. The zero-order chi connectivity index (χ0) is 24.6. The van der Waals surface area contributed by atoms with Crippen molar-refractivity contribution in [3.63, 3.8) is 0 Å². The molecule has 0 bridgehead atoms. The summed E-state index contributed by atoms with van der Waals surface area (Å²) in [5.41, 5.74) is 3.36. The van der Waals surface area contributed by atoms with E-state index in [4.69, 9.17) is 9.47 Å². The van der Waals surface area contributed by atoms with Gasteiger partial charge in [-0.2, -0.15) is 0 Å². The van der Waals surface area contributed by atoms with E-state index in [2.05, 4.69) is 29.6 Å². The van der Waals surface area contributed by atoms with Crippen LogP contribution in [0.5, 0.6) is 0 Å². The molecule has 1 saturated carbocycles. The molecule has 2 N–H and O–H groups in total. The molecular formula is C27H30N2O6. The number of alkyl carbamates (subject to hydrolysis) is 1. The van der Waals surface area contributed by atoms with E-state index in [1.807, 2.05) is 24.3 Å². The number of nitrogens with one attached hydrogen (secondary N) is 1. The van der Waals surface area contributed by atoms with E-state index in [0.29, 0.717) is 25.8 Å². The summed E-state index contributed by atoms with van der Waals surface area (Å²) in [5.74, 6) is -0.943. The number of nitrogens with zero attached hydrogens (tertiary/aromatic N) is 1. The van der Waals surface area contributed by atoms with E-state index >= 15 is 0 Å². The third-order valence-corrected chi connectivity index (χ3v) is 7.44. The Balaban J connectivity index is 1.08. The Morgan fingerprint density at radius 3 is 2.34 bits per heavy atom. The molecule has 1 saturated heterocycles. The second kappa shape index (κ2) is 9.34. The van der Waals surface area contributed by atoms with Gasteiger partial charge in [-0.25, -0.2) is 9.59 Å². The van der Waals surface area contributed by atoms with Crippen LogP contribution in [0.1, 0.15) is 43.2 Å². The van der Waals surface area contributed by atoms with E-state index in [1.54, 1.807) is 4.90 Å². The smallest absolute Gasteiger partial charge is 0.407 e. The minimum atomic E-state index is -1.36. The molecule has 1 heterocycles. The molecule has 2 fully saturated rings. The van der Waals surface area contributed by atoms with Gasteiger partial charge in [0, 0.05) is 24.9 Å². The van der Waals surface area contributed by atoms with E-state index in [9.17, 15) is 19.5 Å². The number of carboxylic acid groups (broad SMARTS) is 1. The molecule has 8 nitrogen and oxygen atoms in total. The van der Waals surface area contributed by atoms with Crippen LogP contribution in [0, 0.1) is 5.92 Å². The Morgan fingerprint density at radius 2 is 1.71 bits per heavy atom. The normalized spacial score (nSPS) is 25.2. The maximum Gasteiger partial charge on any atom is 0.407 e. The molecule has 1 aliphatic heterocycles. The third kappa shape index (κ3) is 4.62. The first-order valence-electron chi connectivity index (χ1n) is 12.1. The number of ether oxygens (including phenoxy) is 2. The van der Waals surface area contributed by atoms with Crippen LogP contribution in [0.25, 0.3) is 11.1 Å². The summed E-state index contributed by atoms with van der Waals surface area (Å²) in [6.45, 7) is 2.43. The monoisotopic (exact) mass is 478 g/mol. The van der Waals surface area contributed by atoms with Crippen LogP contribution in [0.15, 0.2) is 48.5 Å². The van der Waals surface area contributed by atoms with Crippen LogP contribution in [0.4, 0.5) is 4.79 Å². The fraction of sp³-hybridized carbons (Fsp3) is 0.444. The Labute approximate surface area is 204 Å². The molecule has 184 valence electrons. The van der Waals surface area contributed by atoms with Crippen LogP contribution in [-0.2, 0) is 19.1 Å². The van der Waals surface area contributed by atoms with Crippen LogP contribution >= 0.6 is 0 Å². The Kier molecular flexibility index (Phi) is 6.23. The first-order valence-corrected chi connectivity index (χ1v) is 12.1. The van der Waals surface area contributed by atoms with E-state index < -0.39 is 17.7 Å². The molecule has 2 amide bonds. The summed E-state index contributed by atoms with van der Waals surface area (Å²) in [7, 11) is 0. The summed E-state index contributed by atoms with van der Waals surface area (Å²) in [6.07, 6.45) is 1.32. The number of amides is 2. The highest BCUT2D eigenvalue weighted by Gasteiger charge is 2.42. The predicted octanol–water partition coefficient (Wildman–Crippen LogP) is 3.40. The van der Waals surface area contributed by atoms with Gasteiger partial charge in [-0.3, -0.25) is 4.79 Å². The fourth-order valence-electron chi connectivity index (χ4n) is 5.42. The molecule has 2 aromatic carbocycles. The van der Waals surface area contributed by atoms with Crippen molar-refractivity contribution in [2.75, 3.05) is 26.3 Å². The summed E-state index contributed by atoms with van der Waals surface area (Å²) in [4.78, 5) is 38.1. The van der Waals surface area contributed by atoms with Gasteiger partial charge in [-0.15, -0.1) is 0 Å². The maximum absolute atomic E-state index is 12.7. The molecular weight excluding hydrogens is 448 g/mol. The number of morpholine rings is 1. The Hall–Kier alpha value is -3.39. The highest BCUT2D eigenvalue weighted by Crippen LogP contribution is 2.44. The van der Waals surface area contributed by atoms with Crippen LogP contribution in [0.2, 0.25) is 0 Å². The molecule has 0 spiro atoms. The largest absolute Gasteiger partial charge is 0.479 e. The number of carbonyl (C=O) groups is 3. The zero-order valence-corrected chi connectivity index (χ0v) is 19.7. The first-order chi connectivity index (χ1) is 16.8. The number of rotatable bonds is 6. The van der Waals surface area contributed by atoms with E-state index in [0.717, 1.165) is 0 Å². The summed E-state index contributed by atoms with van der Waals surface area (Å²) in [5, 5.41) is 12.3. The minimum Gasteiger partial charge on any atom is -0.479 e. The molecule has 2 aromatic rings.